The molecular weight excluding hydrogens is 250 g/mol. The van der Waals surface area contributed by atoms with Crippen LogP contribution < -0.4 is 5.32 Å². The summed E-state index contributed by atoms with van der Waals surface area (Å²) in [5.74, 6) is 1.02. The number of ether oxygens (including phenoxy) is 1. The second-order valence-corrected chi connectivity index (χ2v) is 5.32. The Labute approximate surface area is 119 Å². The van der Waals surface area contributed by atoms with Crippen LogP contribution in [0.2, 0.25) is 0 Å². The molecule has 4 heteroatoms. The van der Waals surface area contributed by atoms with E-state index >= 15 is 0 Å². The molecule has 2 unspecified atom stereocenters. The molecule has 1 aromatic heterocycles. The second-order valence-electron chi connectivity index (χ2n) is 5.32. The van der Waals surface area contributed by atoms with Crippen LogP contribution in [0.4, 0.5) is 0 Å². The zero-order chi connectivity index (χ0) is 13.9. The van der Waals surface area contributed by atoms with Gasteiger partial charge in [0, 0.05) is 24.9 Å². The molecular formula is C16H21N3O. The predicted molar refractivity (Wildman–Crippen MR) is 79.0 cm³/mol. The molecule has 4 nitrogen and oxygen atoms in total. The molecule has 106 valence electrons. The fourth-order valence-corrected chi connectivity index (χ4v) is 2.78. The number of hydrogen-bond acceptors (Lipinski definition) is 3. The van der Waals surface area contributed by atoms with Crippen LogP contribution in [0.1, 0.15) is 24.9 Å². The van der Waals surface area contributed by atoms with Crippen LogP contribution in [0, 0.1) is 6.92 Å². The number of aryl methyl sites for hydroxylation is 1. The Morgan fingerprint density at radius 3 is 2.85 bits per heavy atom. The molecule has 20 heavy (non-hydrogen) atoms. The van der Waals surface area contributed by atoms with Crippen molar-refractivity contribution in [2.75, 3.05) is 6.61 Å². The molecule has 0 bridgehead atoms. The lowest BCUT2D eigenvalue weighted by Crippen LogP contribution is -2.34. The van der Waals surface area contributed by atoms with Gasteiger partial charge in [-0.25, -0.2) is 4.98 Å². The molecule has 1 N–H and O–H groups in total. The SMILES string of the molecule is Cc1ncc(CNC2CCOC2C)n1-c1ccccc1. The molecule has 2 aromatic rings. The van der Waals surface area contributed by atoms with Crippen LogP contribution in [-0.4, -0.2) is 28.3 Å². The van der Waals surface area contributed by atoms with Crippen molar-refractivity contribution < 1.29 is 4.74 Å². The quantitative estimate of drug-likeness (QED) is 0.928. The molecule has 1 aliphatic heterocycles. The fraction of sp³-hybridized carbons (Fsp3) is 0.438. The third-order valence-corrected chi connectivity index (χ3v) is 3.95. The van der Waals surface area contributed by atoms with Crippen molar-refractivity contribution in [3.05, 3.63) is 48.0 Å². The van der Waals surface area contributed by atoms with E-state index < -0.39 is 0 Å². The molecule has 0 amide bonds. The number of benzene rings is 1. The Bertz CT molecular complexity index is 564. The lowest BCUT2D eigenvalue weighted by atomic mass is 10.1. The van der Waals surface area contributed by atoms with Crippen LogP contribution in [-0.2, 0) is 11.3 Å². The number of imidazole rings is 1. The average molecular weight is 271 g/mol. The molecule has 0 saturated carbocycles. The number of para-hydroxylation sites is 1. The van der Waals surface area contributed by atoms with E-state index in [2.05, 4.69) is 46.1 Å². The summed E-state index contributed by atoms with van der Waals surface area (Å²) in [7, 11) is 0. The van der Waals surface area contributed by atoms with Crippen molar-refractivity contribution in [2.24, 2.45) is 0 Å². The summed E-state index contributed by atoms with van der Waals surface area (Å²) in [6, 6.07) is 10.8. The molecule has 0 radical (unpaired) electrons. The maximum absolute atomic E-state index is 5.59. The summed E-state index contributed by atoms with van der Waals surface area (Å²) in [6.45, 7) is 5.84. The molecule has 0 aliphatic carbocycles. The molecule has 2 atom stereocenters. The summed E-state index contributed by atoms with van der Waals surface area (Å²) < 4.78 is 7.79. The first kappa shape index (κ1) is 13.3. The molecule has 0 spiro atoms. The molecule has 1 fully saturated rings. The van der Waals surface area contributed by atoms with Crippen LogP contribution in [0.3, 0.4) is 0 Å². The van der Waals surface area contributed by atoms with E-state index in [0.717, 1.165) is 31.1 Å². The highest BCUT2D eigenvalue weighted by atomic mass is 16.5. The van der Waals surface area contributed by atoms with Gasteiger partial charge in [0.1, 0.15) is 5.82 Å². The first-order chi connectivity index (χ1) is 9.75. The maximum Gasteiger partial charge on any atom is 0.110 e. The summed E-state index contributed by atoms with van der Waals surface area (Å²) in [5, 5.41) is 3.59. The lowest BCUT2D eigenvalue weighted by Gasteiger charge is -2.17. The van der Waals surface area contributed by atoms with Gasteiger partial charge < -0.3 is 10.1 Å². The number of hydrogen-bond donors (Lipinski definition) is 1. The van der Waals surface area contributed by atoms with Gasteiger partial charge in [0.15, 0.2) is 0 Å². The molecule has 1 saturated heterocycles. The molecule has 3 rings (SSSR count). The van der Waals surface area contributed by atoms with E-state index in [1.807, 2.05) is 19.2 Å². The van der Waals surface area contributed by atoms with E-state index in [0.29, 0.717) is 12.1 Å². The van der Waals surface area contributed by atoms with E-state index in [9.17, 15) is 0 Å². The highest BCUT2D eigenvalue weighted by Crippen LogP contribution is 2.16. The van der Waals surface area contributed by atoms with Gasteiger partial charge in [0.2, 0.25) is 0 Å². The predicted octanol–water partition coefficient (Wildman–Crippen LogP) is 2.45. The highest BCUT2D eigenvalue weighted by molar-refractivity contribution is 5.35. The van der Waals surface area contributed by atoms with Crippen molar-refractivity contribution in [2.45, 2.75) is 39.0 Å². The Kier molecular flexibility index (Phi) is 3.85. The zero-order valence-electron chi connectivity index (χ0n) is 12.0. The van der Waals surface area contributed by atoms with Gasteiger partial charge in [-0.15, -0.1) is 0 Å². The minimum absolute atomic E-state index is 0.296. The van der Waals surface area contributed by atoms with E-state index in [-0.39, 0.29) is 0 Å². The Morgan fingerprint density at radius 1 is 1.35 bits per heavy atom. The maximum atomic E-state index is 5.59. The summed E-state index contributed by atoms with van der Waals surface area (Å²) in [6.07, 6.45) is 3.33. The van der Waals surface area contributed by atoms with Gasteiger partial charge in [0.25, 0.3) is 0 Å². The van der Waals surface area contributed by atoms with Gasteiger partial charge in [-0.1, -0.05) is 18.2 Å². The van der Waals surface area contributed by atoms with Gasteiger partial charge in [0.05, 0.1) is 18.0 Å². The monoisotopic (exact) mass is 271 g/mol. The second kappa shape index (κ2) is 5.77. The molecule has 1 aromatic carbocycles. The van der Waals surface area contributed by atoms with Crippen molar-refractivity contribution in [1.29, 1.82) is 0 Å². The Balaban J connectivity index is 1.77. The first-order valence-corrected chi connectivity index (χ1v) is 7.19. The Hall–Kier alpha value is -1.65. The number of aromatic nitrogens is 2. The number of nitrogens with zero attached hydrogens (tertiary/aromatic N) is 2. The molecule has 1 aliphatic rings. The van der Waals surface area contributed by atoms with Gasteiger partial charge >= 0.3 is 0 Å². The summed E-state index contributed by atoms with van der Waals surface area (Å²) in [4.78, 5) is 4.45. The van der Waals surface area contributed by atoms with E-state index in [1.54, 1.807) is 0 Å². The summed E-state index contributed by atoms with van der Waals surface area (Å²) in [5.41, 5.74) is 2.35. The average Bonchev–Trinajstić information content (AvgIpc) is 3.03. The van der Waals surface area contributed by atoms with Gasteiger partial charge in [-0.3, -0.25) is 4.57 Å². The van der Waals surface area contributed by atoms with Crippen LogP contribution in [0.15, 0.2) is 36.5 Å². The van der Waals surface area contributed by atoms with Crippen molar-refractivity contribution in [3.8, 4) is 5.69 Å². The largest absolute Gasteiger partial charge is 0.377 e. The van der Waals surface area contributed by atoms with Crippen LogP contribution >= 0.6 is 0 Å². The standard InChI is InChI=1S/C16H21N3O/c1-12-16(8-9-20-12)18-11-15-10-17-13(2)19(15)14-6-4-3-5-7-14/h3-7,10,12,16,18H,8-9,11H2,1-2H3. The fourth-order valence-electron chi connectivity index (χ4n) is 2.78. The zero-order valence-corrected chi connectivity index (χ0v) is 12.0. The van der Waals surface area contributed by atoms with Gasteiger partial charge in [-0.05, 0) is 32.4 Å². The lowest BCUT2D eigenvalue weighted by molar-refractivity contribution is 0.113. The van der Waals surface area contributed by atoms with Crippen molar-refractivity contribution in [3.63, 3.8) is 0 Å². The Morgan fingerprint density at radius 2 is 2.15 bits per heavy atom. The van der Waals surface area contributed by atoms with Crippen molar-refractivity contribution in [1.82, 2.24) is 14.9 Å². The van der Waals surface area contributed by atoms with Crippen molar-refractivity contribution >= 4 is 0 Å². The summed E-state index contributed by atoms with van der Waals surface area (Å²) >= 11 is 0. The minimum atomic E-state index is 0.296. The normalized spacial score (nSPS) is 22.3. The van der Waals surface area contributed by atoms with Gasteiger partial charge in [-0.2, -0.15) is 0 Å². The third-order valence-electron chi connectivity index (χ3n) is 3.95. The first-order valence-electron chi connectivity index (χ1n) is 7.19. The third kappa shape index (κ3) is 2.62. The number of nitrogens with one attached hydrogen (secondary N) is 1. The minimum Gasteiger partial charge on any atom is -0.377 e. The topological polar surface area (TPSA) is 39.1 Å². The highest BCUT2D eigenvalue weighted by Gasteiger charge is 2.23. The number of rotatable bonds is 4. The van der Waals surface area contributed by atoms with Crippen LogP contribution in [0.25, 0.3) is 5.69 Å². The van der Waals surface area contributed by atoms with Crippen LogP contribution in [0.5, 0.6) is 0 Å². The van der Waals surface area contributed by atoms with E-state index in [4.69, 9.17) is 4.74 Å². The molecule has 2 heterocycles. The smallest absolute Gasteiger partial charge is 0.110 e. The van der Waals surface area contributed by atoms with E-state index in [1.165, 1.54) is 5.69 Å².